The number of carboxylic acids is 1. The maximum absolute atomic E-state index is 12.2. The Morgan fingerprint density at radius 3 is 2.26 bits per heavy atom. The molecule has 128 valence electrons. The Morgan fingerprint density at radius 1 is 1.04 bits per heavy atom. The van der Waals surface area contributed by atoms with Crippen LogP contribution in [0.2, 0.25) is 0 Å². The topological polar surface area (TPSA) is 66.4 Å². The Morgan fingerprint density at radius 2 is 1.70 bits per heavy atom. The first-order valence-electron chi connectivity index (χ1n) is 8.62. The predicted octanol–water partition coefficient (Wildman–Crippen LogP) is 3.94. The fraction of sp³-hybridized carbons (Fsp3) is 0.579. The molecule has 0 radical (unpaired) electrons. The standard InChI is InChI=1S/C19H29NO3/c1-3-5-8-13-17(21)20-19(18(22)23,14-6-4-2)15-16-11-9-7-10-12-16/h7,9-12H,3-6,8,13-15H2,1-2H3,(H,20,21)(H,22,23)/t19-/m0/s1. The molecule has 1 aromatic rings. The van der Waals surface area contributed by atoms with Crippen LogP contribution in [0, 0.1) is 0 Å². The Kier molecular flexibility index (Phi) is 8.38. The minimum atomic E-state index is -1.21. The van der Waals surface area contributed by atoms with Crippen molar-refractivity contribution >= 4 is 11.9 Å². The molecule has 0 aliphatic carbocycles. The van der Waals surface area contributed by atoms with Crippen LogP contribution in [-0.4, -0.2) is 22.5 Å². The van der Waals surface area contributed by atoms with Gasteiger partial charge in [0.25, 0.3) is 0 Å². The summed E-state index contributed by atoms with van der Waals surface area (Å²) in [5.41, 5.74) is -0.277. The van der Waals surface area contributed by atoms with E-state index in [0.29, 0.717) is 19.3 Å². The van der Waals surface area contributed by atoms with E-state index in [1.54, 1.807) is 0 Å². The van der Waals surface area contributed by atoms with Crippen molar-refractivity contribution in [1.82, 2.24) is 5.32 Å². The summed E-state index contributed by atoms with van der Waals surface area (Å²) in [6.45, 7) is 4.11. The van der Waals surface area contributed by atoms with E-state index in [-0.39, 0.29) is 5.91 Å². The summed E-state index contributed by atoms with van der Waals surface area (Å²) in [7, 11) is 0. The van der Waals surface area contributed by atoms with E-state index < -0.39 is 11.5 Å². The van der Waals surface area contributed by atoms with E-state index in [1.165, 1.54) is 0 Å². The molecule has 1 atom stereocenters. The SMILES string of the molecule is CCCCCC(=O)N[C@@](CCCC)(Cc1ccccc1)C(=O)O. The number of carbonyl (C=O) groups excluding carboxylic acids is 1. The van der Waals surface area contributed by atoms with Crippen LogP contribution in [0.3, 0.4) is 0 Å². The van der Waals surface area contributed by atoms with Crippen molar-refractivity contribution in [2.45, 2.75) is 70.8 Å². The van der Waals surface area contributed by atoms with Crippen LogP contribution in [0.4, 0.5) is 0 Å². The van der Waals surface area contributed by atoms with Gasteiger partial charge in [-0.3, -0.25) is 4.79 Å². The predicted molar refractivity (Wildman–Crippen MR) is 92.3 cm³/mol. The molecule has 1 rings (SSSR count). The third-order valence-electron chi connectivity index (χ3n) is 4.10. The molecule has 23 heavy (non-hydrogen) atoms. The number of amides is 1. The molecule has 0 unspecified atom stereocenters. The minimum Gasteiger partial charge on any atom is -0.479 e. The molecule has 4 nitrogen and oxygen atoms in total. The Balaban J connectivity index is 2.89. The number of carboxylic acid groups (broad SMARTS) is 1. The van der Waals surface area contributed by atoms with Crippen molar-refractivity contribution in [3.8, 4) is 0 Å². The van der Waals surface area contributed by atoms with E-state index in [0.717, 1.165) is 37.7 Å². The molecule has 0 heterocycles. The molecule has 1 aromatic carbocycles. The third-order valence-corrected chi connectivity index (χ3v) is 4.10. The first kappa shape index (κ1) is 19.2. The molecule has 0 saturated carbocycles. The Hall–Kier alpha value is -1.84. The molecule has 2 N–H and O–H groups in total. The first-order chi connectivity index (χ1) is 11.0. The zero-order valence-corrected chi connectivity index (χ0v) is 14.3. The number of carbonyl (C=O) groups is 2. The number of hydrogen-bond acceptors (Lipinski definition) is 2. The van der Waals surface area contributed by atoms with Crippen molar-refractivity contribution in [3.63, 3.8) is 0 Å². The van der Waals surface area contributed by atoms with Gasteiger partial charge in [0.2, 0.25) is 5.91 Å². The molecule has 1 amide bonds. The van der Waals surface area contributed by atoms with Gasteiger partial charge in [0.15, 0.2) is 0 Å². The minimum absolute atomic E-state index is 0.159. The van der Waals surface area contributed by atoms with Crippen LogP contribution in [0.25, 0.3) is 0 Å². The van der Waals surface area contributed by atoms with Crippen LogP contribution >= 0.6 is 0 Å². The smallest absolute Gasteiger partial charge is 0.329 e. The average Bonchev–Trinajstić information content (AvgIpc) is 2.53. The van der Waals surface area contributed by atoms with Gasteiger partial charge in [-0.25, -0.2) is 4.79 Å². The normalized spacial score (nSPS) is 13.3. The maximum Gasteiger partial charge on any atom is 0.329 e. The highest BCUT2D eigenvalue weighted by molar-refractivity contribution is 5.87. The number of benzene rings is 1. The molecule has 0 saturated heterocycles. The zero-order valence-electron chi connectivity index (χ0n) is 14.3. The summed E-state index contributed by atoms with van der Waals surface area (Å²) in [6.07, 6.45) is 5.67. The van der Waals surface area contributed by atoms with Crippen LogP contribution < -0.4 is 5.32 Å². The van der Waals surface area contributed by atoms with Gasteiger partial charge in [-0.05, 0) is 18.4 Å². The van der Waals surface area contributed by atoms with Crippen molar-refractivity contribution in [1.29, 1.82) is 0 Å². The summed E-state index contributed by atoms with van der Waals surface area (Å²) in [4.78, 5) is 24.2. The molecule has 0 spiro atoms. The first-order valence-corrected chi connectivity index (χ1v) is 8.62. The molecule has 0 aromatic heterocycles. The zero-order chi connectivity index (χ0) is 17.1. The molecule has 0 aliphatic rings. The lowest BCUT2D eigenvalue weighted by Crippen LogP contribution is -2.56. The fourth-order valence-corrected chi connectivity index (χ4v) is 2.72. The lowest BCUT2D eigenvalue weighted by molar-refractivity contribution is -0.148. The van der Waals surface area contributed by atoms with Gasteiger partial charge in [-0.15, -0.1) is 0 Å². The highest BCUT2D eigenvalue weighted by atomic mass is 16.4. The molecular weight excluding hydrogens is 290 g/mol. The second kappa shape index (κ2) is 10.0. The Bertz CT molecular complexity index is 487. The highest BCUT2D eigenvalue weighted by Crippen LogP contribution is 2.22. The molecular formula is C19H29NO3. The summed E-state index contributed by atoms with van der Waals surface area (Å²) in [5.74, 6) is -1.11. The summed E-state index contributed by atoms with van der Waals surface area (Å²) < 4.78 is 0. The van der Waals surface area contributed by atoms with Gasteiger partial charge in [0, 0.05) is 12.8 Å². The number of unbranched alkanes of at least 4 members (excludes halogenated alkanes) is 3. The molecule has 0 bridgehead atoms. The summed E-state index contributed by atoms with van der Waals surface area (Å²) in [6, 6.07) is 9.51. The van der Waals surface area contributed by atoms with Crippen molar-refractivity contribution < 1.29 is 14.7 Å². The summed E-state index contributed by atoms with van der Waals surface area (Å²) in [5, 5.41) is 12.7. The lowest BCUT2D eigenvalue weighted by Gasteiger charge is -2.31. The number of nitrogens with one attached hydrogen (secondary N) is 1. The van der Waals surface area contributed by atoms with Crippen LogP contribution in [0.15, 0.2) is 30.3 Å². The van der Waals surface area contributed by atoms with Crippen LogP contribution in [-0.2, 0) is 16.0 Å². The van der Waals surface area contributed by atoms with E-state index in [2.05, 4.69) is 12.2 Å². The summed E-state index contributed by atoms with van der Waals surface area (Å²) >= 11 is 0. The van der Waals surface area contributed by atoms with Crippen LogP contribution in [0.1, 0.15) is 64.4 Å². The molecule has 0 fully saturated rings. The van der Waals surface area contributed by atoms with Gasteiger partial charge < -0.3 is 10.4 Å². The maximum atomic E-state index is 12.2. The van der Waals surface area contributed by atoms with Gasteiger partial charge in [-0.1, -0.05) is 69.9 Å². The van der Waals surface area contributed by atoms with E-state index in [1.807, 2.05) is 37.3 Å². The fourth-order valence-electron chi connectivity index (χ4n) is 2.72. The highest BCUT2D eigenvalue weighted by Gasteiger charge is 2.39. The largest absolute Gasteiger partial charge is 0.479 e. The van der Waals surface area contributed by atoms with Crippen molar-refractivity contribution in [2.75, 3.05) is 0 Å². The molecule has 0 aliphatic heterocycles. The second-order valence-electron chi connectivity index (χ2n) is 6.16. The van der Waals surface area contributed by atoms with E-state index >= 15 is 0 Å². The average molecular weight is 319 g/mol. The monoisotopic (exact) mass is 319 g/mol. The van der Waals surface area contributed by atoms with E-state index in [9.17, 15) is 14.7 Å². The molecule has 4 heteroatoms. The van der Waals surface area contributed by atoms with Gasteiger partial charge in [-0.2, -0.15) is 0 Å². The Labute approximate surface area is 139 Å². The number of rotatable bonds is 11. The quantitative estimate of drug-likeness (QED) is 0.607. The van der Waals surface area contributed by atoms with Gasteiger partial charge in [0.1, 0.15) is 5.54 Å². The second-order valence-corrected chi connectivity index (χ2v) is 6.16. The lowest BCUT2D eigenvalue weighted by atomic mass is 9.85. The third kappa shape index (κ3) is 6.43. The van der Waals surface area contributed by atoms with Crippen molar-refractivity contribution in [3.05, 3.63) is 35.9 Å². The van der Waals surface area contributed by atoms with Crippen molar-refractivity contribution in [2.24, 2.45) is 0 Å². The van der Waals surface area contributed by atoms with Gasteiger partial charge >= 0.3 is 5.97 Å². The van der Waals surface area contributed by atoms with Gasteiger partial charge in [0.05, 0.1) is 0 Å². The van der Waals surface area contributed by atoms with E-state index in [4.69, 9.17) is 0 Å². The van der Waals surface area contributed by atoms with Crippen LogP contribution in [0.5, 0.6) is 0 Å². The number of hydrogen-bond donors (Lipinski definition) is 2. The number of aliphatic carboxylic acids is 1.